The maximum absolute atomic E-state index is 2.45. The standard InChI is InChI=1S/C56H38N2/c1-3-14-39(15-4-1)45-20-12-23-50(37-45)57(54-26-13-27-55-56(54)52-24-9-10-25-53(52)58(55)49-21-5-2-6-22-49)51-33-32-41-29-31-47(36-48(41)38-51)44-19-11-18-43(35-44)46-30-28-40-16-7-8-17-42(40)34-46/h1-38H. The molecule has 58 heavy (non-hydrogen) atoms. The van der Waals surface area contributed by atoms with Gasteiger partial charge >= 0.3 is 0 Å². The molecule has 11 aromatic rings. The number of para-hydroxylation sites is 2. The Labute approximate surface area is 338 Å². The van der Waals surface area contributed by atoms with E-state index in [0.717, 1.165) is 22.7 Å². The van der Waals surface area contributed by atoms with Crippen molar-refractivity contribution in [2.75, 3.05) is 4.90 Å². The van der Waals surface area contributed by atoms with Crippen molar-refractivity contribution in [1.29, 1.82) is 0 Å². The fraction of sp³-hybridized carbons (Fsp3) is 0. The molecular formula is C56H38N2. The van der Waals surface area contributed by atoms with E-state index < -0.39 is 0 Å². The Morgan fingerprint density at radius 2 is 0.828 bits per heavy atom. The summed E-state index contributed by atoms with van der Waals surface area (Å²) in [4.78, 5) is 2.45. The van der Waals surface area contributed by atoms with Crippen LogP contribution in [0.3, 0.4) is 0 Å². The summed E-state index contributed by atoms with van der Waals surface area (Å²) >= 11 is 0. The minimum absolute atomic E-state index is 1.10. The number of nitrogens with zero attached hydrogens (tertiary/aromatic N) is 2. The van der Waals surface area contributed by atoms with E-state index in [-0.39, 0.29) is 0 Å². The lowest BCUT2D eigenvalue weighted by Crippen LogP contribution is -2.10. The van der Waals surface area contributed by atoms with Crippen LogP contribution in [0.25, 0.3) is 82.4 Å². The van der Waals surface area contributed by atoms with Crippen molar-refractivity contribution in [2.45, 2.75) is 0 Å². The van der Waals surface area contributed by atoms with Crippen molar-refractivity contribution in [3.05, 3.63) is 231 Å². The van der Waals surface area contributed by atoms with Crippen molar-refractivity contribution >= 4 is 60.4 Å². The number of benzene rings is 10. The van der Waals surface area contributed by atoms with Crippen LogP contribution in [0.15, 0.2) is 231 Å². The predicted octanol–water partition coefficient (Wildman–Crippen LogP) is 15.6. The molecule has 2 heteroatoms. The molecule has 272 valence electrons. The molecule has 0 amide bonds. The lowest BCUT2D eigenvalue weighted by Gasteiger charge is -2.27. The summed E-state index contributed by atoms with van der Waals surface area (Å²) in [5, 5.41) is 7.33. The number of fused-ring (bicyclic) bond motifs is 5. The highest BCUT2D eigenvalue weighted by Crippen LogP contribution is 2.45. The van der Waals surface area contributed by atoms with Gasteiger partial charge in [0.1, 0.15) is 0 Å². The number of hydrogen-bond donors (Lipinski definition) is 0. The van der Waals surface area contributed by atoms with E-state index in [0.29, 0.717) is 0 Å². The molecule has 2 nitrogen and oxygen atoms in total. The maximum atomic E-state index is 2.45. The molecule has 0 saturated heterocycles. The summed E-state index contributed by atoms with van der Waals surface area (Å²) in [6.07, 6.45) is 0. The zero-order valence-electron chi connectivity index (χ0n) is 31.8. The van der Waals surface area contributed by atoms with E-state index in [1.165, 1.54) is 76.7 Å². The van der Waals surface area contributed by atoms with Gasteiger partial charge in [0.2, 0.25) is 0 Å². The first-order valence-electron chi connectivity index (χ1n) is 19.9. The van der Waals surface area contributed by atoms with Gasteiger partial charge in [-0.3, -0.25) is 0 Å². The van der Waals surface area contributed by atoms with E-state index in [1.807, 2.05) is 0 Å². The predicted molar refractivity (Wildman–Crippen MR) is 247 cm³/mol. The van der Waals surface area contributed by atoms with Crippen molar-refractivity contribution in [2.24, 2.45) is 0 Å². The first kappa shape index (κ1) is 33.6. The maximum Gasteiger partial charge on any atom is 0.0562 e. The van der Waals surface area contributed by atoms with E-state index in [9.17, 15) is 0 Å². The van der Waals surface area contributed by atoms with Crippen molar-refractivity contribution in [3.63, 3.8) is 0 Å². The van der Waals surface area contributed by atoms with E-state index >= 15 is 0 Å². The molecule has 0 atom stereocenters. The molecule has 10 aromatic carbocycles. The second kappa shape index (κ2) is 14.1. The summed E-state index contributed by atoms with van der Waals surface area (Å²) in [6, 6.07) is 83.8. The Kier molecular flexibility index (Phi) is 8.19. The van der Waals surface area contributed by atoms with Crippen LogP contribution in [0.4, 0.5) is 17.1 Å². The first-order chi connectivity index (χ1) is 28.7. The van der Waals surface area contributed by atoms with Gasteiger partial charge in [0, 0.05) is 27.8 Å². The van der Waals surface area contributed by atoms with Gasteiger partial charge < -0.3 is 9.47 Å². The largest absolute Gasteiger partial charge is 0.310 e. The van der Waals surface area contributed by atoms with Gasteiger partial charge in [-0.1, -0.05) is 158 Å². The highest BCUT2D eigenvalue weighted by atomic mass is 15.1. The van der Waals surface area contributed by atoms with Gasteiger partial charge in [0.05, 0.1) is 16.7 Å². The highest BCUT2D eigenvalue weighted by Gasteiger charge is 2.21. The molecule has 0 aliphatic carbocycles. The van der Waals surface area contributed by atoms with Gasteiger partial charge in [0.25, 0.3) is 0 Å². The van der Waals surface area contributed by atoms with Gasteiger partial charge in [-0.25, -0.2) is 0 Å². The molecule has 11 rings (SSSR count). The molecule has 0 saturated carbocycles. The molecule has 0 radical (unpaired) electrons. The third kappa shape index (κ3) is 5.91. The van der Waals surface area contributed by atoms with Crippen molar-refractivity contribution in [1.82, 2.24) is 4.57 Å². The Morgan fingerprint density at radius 1 is 0.293 bits per heavy atom. The zero-order valence-corrected chi connectivity index (χ0v) is 31.8. The molecule has 0 N–H and O–H groups in total. The Morgan fingerprint density at radius 3 is 1.62 bits per heavy atom. The number of rotatable bonds is 7. The normalized spacial score (nSPS) is 11.4. The van der Waals surface area contributed by atoms with Crippen LogP contribution in [0.1, 0.15) is 0 Å². The minimum Gasteiger partial charge on any atom is -0.310 e. The van der Waals surface area contributed by atoms with Crippen LogP contribution in [0.2, 0.25) is 0 Å². The van der Waals surface area contributed by atoms with Gasteiger partial charge in [0.15, 0.2) is 0 Å². The molecule has 0 fully saturated rings. The second-order valence-electron chi connectivity index (χ2n) is 15.0. The number of anilines is 3. The van der Waals surface area contributed by atoms with Gasteiger partial charge in [-0.15, -0.1) is 0 Å². The average molecular weight is 739 g/mol. The molecule has 0 unspecified atom stereocenters. The zero-order chi connectivity index (χ0) is 38.4. The Bertz CT molecular complexity index is 3290. The summed E-state index contributed by atoms with van der Waals surface area (Å²) < 4.78 is 2.39. The summed E-state index contributed by atoms with van der Waals surface area (Å²) in [7, 11) is 0. The van der Waals surface area contributed by atoms with Gasteiger partial charge in [-0.2, -0.15) is 0 Å². The smallest absolute Gasteiger partial charge is 0.0562 e. The SMILES string of the molecule is c1ccc(-c2cccc(N(c3ccc4ccc(-c5cccc(-c6ccc7ccccc7c6)c5)cc4c3)c3cccc4c3c3ccccc3n4-c3ccccc3)c2)cc1. The summed E-state index contributed by atoms with van der Waals surface area (Å²) in [6.45, 7) is 0. The molecule has 1 aromatic heterocycles. The topological polar surface area (TPSA) is 8.17 Å². The molecule has 0 spiro atoms. The van der Waals surface area contributed by atoms with Crippen LogP contribution in [0, 0.1) is 0 Å². The molecule has 0 bridgehead atoms. The van der Waals surface area contributed by atoms with Crippen molar-refractivity contribution < 1.29 is 0 Å². The molecule has 0 aliphatic rings. The third-order valence-electron chi connectivity index (χ3n) is 11.5. The van der Waals surface area contributed by atoms with E-state index in [4.69, 9.17) is 0 Å². The second-order valence-corrected chi connectivity index (χ2v) is 15.0. The van der Waals surface area contributed by atoms with Crippen LogP contribution in [-0.4, -0.2) is 4.57 Å². The lowest BCUT2D eigenvalue weighted by molar-refractivity contribution is 1.18. The van der Waals surface area contributed by atoms with Crippen LogP contribution < -0.4 is 4.90 Å². The van der Waals surface area contributed by atoms with Crippen LogP contribution in [-0.2, 0) is 0 Å². The summed E-state index contributed by atoms with van der Waals surface area (Å²) in [5.74, 6) is 0. The Balaban J connectivity index is 1.09. The molecule has 0 aliphatic heterocycles. The Hall–Kier alpha value is -7.68. The summed E-state index contributed by atoms with van der Waals surface area (Å²) in [5.41, 5.74) is 14.0. The number of aromatic nitrogens is 1. The number of hydrogen-bond acceptors (Lipinski definition) is 1. The van der Waals surface area contributed by atoms with Crippen LogP contribution in [0.5, 0.6) is 0 Å². The fourth-order valence-corrected chi connectivity index (χ4v) is 8.72. The van der Waals surface area contributed by atoms with Crippen molar-refractivity contribution in [3.8, 4) is 39.1 Å². The first-order valence-corrected chi connectivity index (χ1v) is 19.9. The minimum atomic E-state index is 1.10. The average Bonchev–Trinajstić information content (AvgIpc) is 3.64. The molecule has 1 heterocycles. The fourth-order valence-electron chi connectivity index (χ4n) is 8.72. The van der Waals surface area contributed by atoms with Crippen LogP contribution >= 0.6 is 0 Å². The monoisotopic (exact) mass is 738 g/mol. The third-order valence-corrected chi connectivity index (χ3v) is 11.5. The lowest BCUT2D eigenvalue weighted by atomic mass is 9.96. The van der Waals surface area contributed by atoms with Gasteiger partial charge in [-0.05, 0) is 128 Å². The molecular weight excluding hydrogens is 701 g/mol. The van der Waals surface area contributed by atoms with E-state index in [2.05, 4.69) is 240 Å². The van der Waals surface area contributed by atoms with E-state index in [1.54, 1.807) is 0 Å². The highest BCUT2D eigenvalue weighted by molar-refractivity contribution is 6.16. The quantitative estimate of drug-likeness (QED) is 0.158.